The van der Waals surface area contributed by atoms with E-state index in [0.29, 0.717) is 25.3 Å². The molecule has 2 aliphatic rings. The summed E-state index contributed by atoms with van der Waals surface area (Å²) in [6, 6.07) is 8.05. The molecule has 0 fully saturated rings. The first-order chi connectivity index (χ1) is 12.8. The summed E-state index contributed by atoms with van der Waals surface area (Å²) in [6.45, 7) is 7.05. The van der Waals surface area contributed by atoms with E-state index in [2.05, 4.69) is 17.2 Å². The fraction of sp³-hybridized carbons (Fsp3) is 0.524. The molecular weight excluding hydrogens is 342 g/mol. The second-order valence-corrected chi connectivity index (χ2v) is 8.08. The standard InChI is InChI=1S/C21H27N3O3/c1-14(25)19-12-17-13-23(9-10-24(17)22-19)20(26)21(2,3)27-18-8-7-15-5-4-6-16(15)11-18/h7-8,11-12,14,25H,4-6,9-10,13H2,1-3H3. The Morgan fingerprint density at radius 3 is 2.78 bits per heavy atom. The lowest BCUT2D eigenvalue weighted by Crippen LogP contribution is -2.51. The number of aryl methyl sites for hydroxylation is 2. The Labute approximate surface area is 159 Å². The van der Waals surface area contributed by atoms with Crippen LogP contribution in [0.15, 0.2) is 24.3 Å². The van der Waals surface area contributed by atoms with Gasteiger partial charge in [0.15, 0.2) is 5.60 Å². The molecule has 1 unspecified atom stereocenters. The maximum Gasteiger partial charge on any atom is 0.266 e. The smallest absolute Gasteiger partial charge is 0.266 e. The minimum Gasteiger partial charge on any atom is -0.478 e. The number of fused-ring (bicyclic) bond motifs is 2. The molecule has 1 aromatic carbocycles. The van der Waals surface area contributed by atoms with Crippen LogP contribution in [-0.2, 0) is 30.7 Å². The number of carbonyl (C=O) groups is 1. The van der Waals surface area contributed by atoms with Gasteiger partial charge in [-0.3, -0.25) is 9.48 Å². The van der Waals surface area contributed by atoms with Gasteiger partial charge in [0.05, 0.1) is 30.6 Å². The SMILES string of the molecule is CC(O)c1cc2n(n1)CCN(C(=O)C(C)(C)Oc1ccc3c(c1)CCC3)C2. The predicted molar refractivity (Wildman–Crippen MR) is 101 cm³/mol. The van der Waals surface area contributed by atoms with Crippen molar-refractivity contribution >= 4 is 5.91 Å². The van der Waals surface area contributed by atoms with Crippen molar-refractivity contribution in [2.75, 3.05) is 6.54 Å². The van der Waals surface area contributed by atoms with Crippen molar-refractivity contribution in [2.45, 2.75) is 64.8 Å². The molecular formula is C21H27N3O3. The van der Waals surface area contributed by atoms with Gasteiger partial charge in [0.1, 0.15) is 5.75 Å². The van der Waals surface area contributed by atoms with Crippen molar-refractivity contribution in [1.82, 2.24) is 14.7 Å². The highest BCUT2D eigenvalue weighted by Crippen LogP contribution is 2.29. The van der Waals surface area contributed by atoms with Crippen LogP contribution >= 0.6 is 0 Å². The van der Waals surface area contributed by atoms with Gasteiger partial charge in [-0.25, -0.2) is 0 Å². The van der Waals surface area contributed by atoms with Crippen LogP contribution in [0.1, 0.15) is 55.8 Å². The van der Waals surface area contributed by atoms with Crippen LogP contribution in [0, 0.1) is 0 Å². The number of nitrogens with zero attached hydrogens (tertiary/aromatic N) is 3. The Bertz CT molecular complexity index is 870. The third-order valence-corrected chi connectivity index (χ3v) is 5.49. The highest BCUT2D eigenvalue weighted by Gasteiger charge is 2.36. The van der Waals surface area contributed by atoms with Crippen molar-refractivity contribution in [3.63, 3.8) is 0 Å². The van der Waals surface area contributed by atoms with Crippen molar-refractivity contribution in [3.8, 4) is 5.75 Å². The molecule has 1 amide bonds. The summed E-state index contributed by atoms with van der Waals surface area (Å²) in [6.07, 6.45) is 2.81. The fourth-order valence-electron chi connectivity index (χ4n) is 4.00. The van der Waals surface area contributed by atoms with E-state index in [0.717, 1.165) is 24.3 Å². The topological polar surface area (TPSA) is 67.6 Å². The largest absolute Gasteiger partial charge is 0.478 e. The highest BCUT2D eigenvalue weighted by atomic mass is 16.5. The molecule has 0 saturated heterocycles. The molecule has 1 aliphatic heterocycles. The number of hydrogen-bond acceptors (Lipinski definition) is 4. The number of rotatable bonds is 4. The number of amides is 1. The van der Waals surface area contributed by atoms with E-state index in [1.54, 1.807) is 6.92 Å². The number of benzene rings is 1. The third-order valence-electron chi connectivity index (χ3n) is 5.49. The molecule has 1 aromatic heterocycles. The minimum atomic E-state index is -0.942. The number of aliphatic hydroxyl groups is 1. The Morgan fingerprint density at radius 2 is 2.00 bits per heavy atom. The Hall–Kier alpha value is -2.34. The van der Waals surface area contributed by atoms with Crippen molar-refractivity contribution in [1.29, 1.82) is 0 Å². The van der Waals surface area contributed by atoms with Crippen LogP contribution in [0.3, 0.4) is 0 Å². The maximum absolute atomic E-state index is 13.1. The van der Waals surface area contributed by atoms with Crippen LogP contribution in [0.2, 0.25) is 0 Å². The number of carbonyl (C=O) groups excluding carboxylic acids is 1. The number of hydrogen-bond donors (Lipinski definition) is 1. The Morgan fingerprint density at radius 1 is 1.22 bits per heavy atom. The summed E-state index contributed by atoms with van der Waals surface area (Å²) in [4.78, 5) is 14.9. The van der Waals surface area contributed by atoms with Gasteiger partial charge in [-0.1, -0.05) is 6.07 Å². The van der Waals surface area contributed by atoms with Gasteiger partial charge in [0, 0.05) is 6.54 Å². The molecule has 1 aliphatic carbocycles. The van der Waals surface area contributed by atoms with Gasteiger partial charge < -0.3 is 14.7 Å². The molecule has 1 N–H and O–H groups in total. The van der Waals surface area contributed by atoms with Gasteiger partial charge in [0.2, 0.25) is 0 Å². The quantitative estimate of drug-likeness (QED) is 0.900. The number of ether oxygens (including phenoxy) is 1. The second-order valence-electron chi connectivity index (χ2n) is 8.08. The van der Waals surface area contributed by atoms with Crippen LogP contribution in [0.25, 0.3) is 0 Å². The lowest BCUT2D eigenvalue weighted by atomic mass is 10.1. The van der Waals surface area contributed by atoms with Crippen molar-refractivity contribution < 1.29 is 14.6 Å². The van der Waals surface area contributed by atoms with E-state index < -0.39 is 11.7 Å². The van der Waals surface area contributed by atoms with Gasteiger partial charge in [-0.15, -0.1) is 0 Å². The molecule has 0 bridgehead atoms. The van der Waals surface area contributed by atoms with Gasteiger partial charge in [-0.2, -0.15) is 5.10 Å². The van der Waals surface area contributed by atoms with Gasteiger partial charge in [-0.05, 0) is 69.4 Å². The van der Waals surface area contributed by atoms with Crippen LogP contribution in [-0.4, -0.2) is 37.8 Å². The Kier molecular flexibility index (Phi) is 4.46. The van der Waals surface area contributed by atoms with Gasteiger partial charge >= 0.3 is 0 Å². The molecule has 0 radical (unpaired) electrons. The van der Waals surface area contributed by atoms with E-state index in [9.17, 15) is 9.90 Å². The highest BCUT2D eigenvalue weighted by molar-refractivity contribution is 5.85. The molecule has 0 spiro atoms. The molecule has 0 saturated carbocycles. The zero-order valence-corrected chi connectivity index (χ0v) is 16.2. The molecule has 2 heterocycles. The monoisotopic (exact) mass is 369 g/mol. The van der Waals surface area contributed by atoms with Gasteiger partial charge in [0.25, 0.3) is 5.91 Å². The van der Waals surface area contributed by atoms with Crippen molar-refractivity contribution in [2.24, 2.45) is 0 Å². The normalized spacial score (nSPS) is 17.4. The average molecular weight is 369 g/mol. The molecule has 1 atom stereocenters. The third kappa shape index (κ3) is 3.46. The maximum atomic E-state index is 13.1. The first-order valence-electron chi connectivity index (χ1n) is 9.68. The average Bonchev–Trinajstić information content (AvgIpc) is 3.26. The van der Waals surface area contributed by atoms with E-state index in [1.807, 2.05) is 35.6 Å². The summed E-state index contributed by atoms with van der Waals surface area (Å²) in [5.41, 5.74) is 3.38. The minimum absolute atomic E-state index is 0.0333. The zero-order chi connectivity index (χ0) is 19.2. The molecule has 6 nitrogen and oxygen atoms in total. The molecule has 4 rings (SSSR count). The summed E-state index contributed by atoms with van der Waals surface area (Å²) in [5.74, 6) is 0.724. The molecule has 144 valence electrons. The Balaban J connectivity index is 1.48. The van der Waals surface area contributed by atoms with E-state index in [4.69, 9.17) is 4.74 Å². The summed E-state index contributed by atoms with van der Waals surface area (Å²) in [7, 11) is 0. The number of aromatic nitrogens is 2. The molecule has 2 aromatic rings. The van der Waals surface area contributed by atoms with Crippen LogP contribution < -0.4 is 4.74 Å². The first-order valence-corrected chi connectivity index (χ1v) is 9.68. The molecule has 27 heavy (non-hydrogen) atoms. The lowest BCUT2D eigenvalue weighted by molar-refractivity contribution is -0.147. The van der Waals surface area contributed by atoms with E-state index in [1.165, 1.54) is 17.5 Å². The molecule has 6 heteroatoms. The van der Waals surface area contributed by atoms with E-state index in [-0.39, 0.29) is 5.91 Å². The van der Waals surface area contributed by atoms with Crippen LogP contribution in [0.5, 0.6) is 5.75 Å². The summed E-state index contributed by atoms with van der Waals surface area (Å²) in [5, 5.41) is 14.1. The number of aliphatic hydroxyl groups excluding tert-OH is 1. The predicted octanol–water partition coefficient (Wildman–Crippen LogP) is 2.62. The van der Waals surface area contributed by atoms with Crippen LogP contribution in [0.4, 0.5) is 0 Å². The first kappa shape index (κ1) is 18.0. The summed E-state index contributed by atoms with van der Waals surface area (Å²) >= 11 is 0. The zero-order valence-electron chi connectivity index (χ0n) is 16.2. The van der Waals surface area contributed by atoms with Crippen molar-refractivity contribution in [3.05, 3.63) is 46.8 Å². The van der Waals surface area contributed by atoms with E-state index >= 15 is 0 Å². The summed E-state index contributed by atoms with van der Waals surface area (Å²) < 4.78 is 8.00. The fourth-order valence-corrected chi connectivity index (χ4v) is 4.00. The second kappa shape index (κ2) is 6.68. The lowest BCUT2D eigenvalue weighted by Gasteiger charge is -2.34.